The molecule has 0 amide bonds. The molecule has 0 N–H and O–H groups in total. The third-order valence-corrected chi connectivity index (χ3v) is 11.5. The van der Waals surface area contributed by atoms with Crippen LogP contribution >= 0.6 is 0 Å². The molecular weight excluding hydrogens is 499 g/mol. The predicted octanol–water partition coefficient (Wildman–Crippen LogP) is 5.45. The lowest BCUT2D eigenvalue weighted by molar-refractivity contribution is -0.706. The third kappa shape index (κ3) is 7.47. The topological polar surface area (TPSA) is 0 Å². The lowest BCUT2D eigenvalue weighted by atomic mass is 9.76. The van der Waals surface area contributed by atoms with Crippen LogP contribution in [0.1, 0.15) is 76.3 Å². The number of benzene rings is 1. The average Bonchev–Trinajstić information content (AvgIpc) is 2.84. The van der Waals surface area contributed by atoms with E-state index in [1.807, 2.05) is 0 Å². The van der Waals surface area contributed by atoms with Crippen LogP contribution in [0.15, 0.2) is 72.4 Å². The Labute approximate surface area is 207 Å². The lowest BCUT2D eigenvalue weighted by Crippen LogP contribution is -3.65. The fourth-order valence-electron chi connectivity index (χ4n) is 5.53. The second-order valence-corrected chi connectivity index (χ2v) is 14.1. The molecule has 1 aromatic rings. The first-order valence-corrected chi connectivity index (χ1v) is 15.8. The van der Waals surface area contributed by atoms with E-state index in [0.717, 1.165) is 27.6 Å². The van der Waals surface area contributed by atoms with Crippen LogP contribution < -0.4 is 21.2 Å². The van der Waals surface area contributed by atoms with Crippen molar-refractivity contribution in [2.24, 2.45) is 23.7 Å². The summed E-state index contributed by atoms with van der Waals surface area (Å²) in [6.07, 6.45) is 28.8. The summed E-state index contributed by atoms with van der Waals surface area (Å²) in [4.78, 5) is 0. The van der Waals surface area contributed by atoms with Gasteiger partial charge in [-0.1, -0.05) is 85.2 Å². The van der Waals surface area contributed by atoms with Gasteiger partial charge < -0.3 is 0 Å². The molecule has 0 aliphatic heterocycles. The number of hydrogen-bond donors (Lipinski definition) is 0. The van der Waals surface area contributed by atoms with E-state index in [0.29, 0.717) is 0 Å². The Balaban J connectivity index is 1.14. The molecule has 3 unspecified atom stereocenters. The summed E-state index contributed by atoms with van der Waals surface area (Å²) in [6, 6.07) is 9.73. The maximum absolute atomic E-state index is 2.48. The van der Waals surface area contributed by atoms with Crippen LogP contribution in [-0.4, -0.2) is 3.92 Å². The van der Waals surface area contributed by atoms with Crippen LogP contribution in [0, 0.1) is 23.7 Å². The summed E-state index contributed by atoms with van der Waals surface area (Å²) >= 11 is 0.213. The average molecular weight is 542 g/mol. The largest absolute Gasteiger partial charge is 0.277 e. The molecule has 3 aliphatic carbocycles. The minimum atomic E-state index is 0.213. The van der Waals surface area contributed by atoms with Crippen LogP contribution in [-0.2, 0) is 10.8 Å². The summed E-state index contributed by atoms with van der Waals surface area (Å²) in [7, 11) is 0. The van der Waals surface area contributed by atoms with Crippen molar-refractivity contribution in [1.29, 1.82) is 0 Å². The monoisotopic (exact) mass is 541 g/mol. The first kappa shape index (κ1) is 24.0. The Kier molecular flexibility index (Phi) is 9.31. The first-order valence-electron chi connectivity index (χ1n) is 13.0. The van der Waals surface area contributed by atoms with E-state index in [-0.39, 0.29) is 21.2 Å². The zero-order chi connectivity index (χ0) is 22.2. The number of rotatable bonds is 9. The minimum absolute atomic E-state index is 0.213. The molecule has 32 heavy (non-hydrogen) atoms. The van der Waals surface area contributed by atoms with E-state index in [4.69, 9.17) is 0 Å². The number of alkyl halides is 2. The van der Waals surface area contributed by atoms with Crippen molar-refractivity contribution >= 4 is 0 Å². The van der Waals surface area contributed by atoms with Crippen LogP contribution in [0.3, 0.4) is 0 Å². The second kappa shape index (κ2) is 12.4. The van der Waals surface area contributed by atoms with Gasteiger partial charge in [0.25, 0.3) is 21.2 Å². The van der Waals surface area contributed by atoms with Gasteiger partial charge in [-0.2, -0.15) is 0 Å². The molecule has 0 aromatic heterocycles. The van der Waals surface area contributed by atoms with Crippen molar-refractivity contribution in [3.05, 3.63) is 83.5 Å². The molecule has 1 fully saturated rings. The number of allylic oxidation sites excluding steroid dienone is 8. The normalized spacial score (nSPS) is 28.5. The Morgan fingerprint density at radius 3 is 2.31 bits per heavy atom. The molecule has 0 spiro atoms. The highest BCUT2D eigenvalue weighted by molar-refractivity contribution is 5.23. The minimum Gasteiger partial charge on any atom is -0.0840 e. The Bertz CT molecular complexity index is 817. The van der Waals surface area contributed by atoms with Crippen molar-refractivity contribution in [1.82, 2.24) is 0 Å². The molecule has 0 bridgehead atoms. The van der Waals surface area contributed by atoms with Gasteiger partial charge in [0.15, 0.2) is 8.35 Å². The molecule has 1 heteroatoms. The number of halogens is 1. The van der Waals surface area contributed by atoms with Crippen molar-refractivity contribution < 1.29 is 21.2 Å². The molecule has 0 heterocycles. The van der Waals surface area contributed by atoms with E-state index < -0.39 is 0 Å². The SMILES string of the molecule is CC1=CCC(C(C)[I+]Cc2ccc(CC3CCC(CCC4C=CC=CC4)CC3)cc2)C=C1. The van der Waals surface area contributed by atoms with E-state index in [9.17, 15) is 0 Å². The summed E-state index contributed by atoms with van der Waals surface area (Å²) in [5, 5.41) is 0. The molecule has 3 atom stereocenters. The highest BCUT2D eigenvalue weighted by Gasteiger charge is 2.27. The van der Waals surface area contributed by atoms with Gasteiger partial charge in [-0.25, -0.2) is 0 Å². The zero-order valence-electron chi connectivity index (χ0n) is 20.2. The van der Waals surface area contributed by atoms with Crippen LogP contribution in [0.4, 0.5) is 0 Å². The van der Waals surface area contributed by atoms with E-state index in [1.54, 1.807) is 11.1 Å². The van der Waals surface area contributed by atoms with Gasteiger partial charge in [0.1, 0.15) is 0 Å². The van der Waals surface area contributed by atoms with Crippen LogP contribution in [0.25, 0.3) is 0 Å². The lowest BCUT2D eigenvalue weighted by Gasteiger charge is -2.29. The third-order valence-electron chi connectivity index (χ3n) is 7.91. The summed E-state index contributed by atoms with van der Waals surface area (Å²) < 4.78 is 2.19. The molecule has 3 aliphatic rings. The standard InChI is InChI=1S/C31H42I/c1-24-8-20-31(21-9-24)25(2)32-23-30-18-16-29(17-19-30)22-28-14-12-27(13-15-28)11-10-26-6-4-3-5-7-26/h3-6,8-9,16-20,25-28,31H,7,10-15,21-23H2,1-2H3/q+1. The van der Waals surface area contributed by atoms with Crippen molar-refractivity contribution in [3.8, 4) is 0 Å². The summed E-state index contributed by atoms with van der Waals surface area (Å²) in [6.45, 7) is 4.69. The Morgan fingerprint density at radius 1 is 0.875 bits per heavy atom. The van der Waals surface area contributed by atoms with Crippen molar-refractivity contribution in [2.75, 3.05) is 0 Å². The van der Waals surface area contributed by atoms with E-state index in [2.05, 4.69) is 80.6 Å². The zero-order valence-corrected chi connectivity index (χ0v) is 22.3. The van der Waals surface area contributed by atoms with Gasteiger partial charge >= 0.3 is 0 Å². The second-order valence-electron chi connectivity index (χ2n) is 10.5. The molecule has 172 valence electrons. The molecule has 1 aromatic carbocycles. The van der Waals surface area contributed by atoms with Gasteiger partial charge in [-0.3, -0.25) is 0 Å². The molecule has 0 nitrogen and oxygen atoms in total. The summed E-state index contributed by atoms with van der Waals surface area (Å²) in [5.41, 5.74) is 4.57. The van der Waals surface area contributed by atoms with E-state index >= 15 is 0 Å². The van der Waals surface area contributed by atoms with E-state index in [1.165, 1.54) is 67.8 Å². The van der Waals surface area contributed by atoms with Gasteiger partial charge in [0.2, 0.25) is 0 Å². The molecule has 4 rings (SSSR count). The van der Waals surface area contributed by atoms with Gasteiger partial charge in [-0.15, -0.1) is 0 Å². The Hall–Kier alpha value is -1.09. The van der Waals surface area contributed by atoms with Gasteiger partial charge in [-0.05, 0) is 87.7 Å². The quantitative estimate of drug-likeness (QED) is 0.288. The smallest absolute Gasteiger partial charge is 0.0840 e. The highest BCUT2D eigenvalue weighted by atomic mass is 127. The number of hydrogen-bond acceptors (Lipinski definition) is 0. The molecule has 0 radical (unpaired) electrons. The molecule has 0 saturated heterocycles. The first-order chi connectivity index (χ1) is 15.7. The van der Waals surface area contributed by atoms with Gasteiger partial charge in [0, 0.05) is 5.92 Å². The maximum atomic E-state index is 2.48. The summed E-state index contributed by atoms with van der Waals surface area (Å²) in [5.74, 6) is 3.48. The highest BCUT2D eigenvalue weighted by Crippen LogP contribution is 2.35. The molecular formula is C31H42I+. The predicted molar refractivity (Wildman–Crippen MR) is 135 cm³/mol. The Morgan fingerprint density at radius 2 is 1.62 bits per heavy atom. The fourth-order valence-corrected chi connectivity index (χ4v) is 8.43. The van der Waals surface area contributed by atoms with Crippen molar-refractivity contribution in [3.63, 3.8) is 0 Å². The fraction of sp³-hybridized carbons (Fsp3) is 0.548. The molecule has 1 saturated carbocycles. The van der Waals surface area contributed by atoms with Crippen molar-refractivity contribution in [2.45, 2.75) is 80.0 Å². The van der Waals surface area contributed by atoms with Crippen LogP contribution in [0.2, 0.25) is 0 Å². The van der Waals surface area contributed by atoms with Gasteiger partial charge in [0.05, 0.1) is 0 Å². The van der Waals surface area contributed by atoms with Crippen LogP contribution in [0.5, 0.6) is 0 Å². The maximum Gasteiger partial charge on any atom is 0.277 e.